The van der Waals surface area contributed by atoms with Crippen LogP contribution in [0, 0.1) is 0 Å². The fourth-order valence-corrected chi connectivity index (χ4v) is 1.59. The monoisotopic (exact) mass is 259 g/mol. The smallest absolute Gasteiger partial charge is 0.275 e. The number of hydrogen-bond acceptors (Lipinski definition) is 4. The minimum atomic E-state index is -0.247. The number of pyridine rings is 1. The third-order valence-corrected chi connectivity index (χ3v) is 2.60. The zero-order valence-corrected chi connectivity index (χ0v) is 11.1. The number of nitrogens with zero attached hydrogens (tertiary/aromatic N) is 3. The molecule has 2 rings (SSSR count). The summed E-state index contributed by atoms with van der Waals surface area (Å²) in [4.78, 5) is 16.3. The summed E-state index contributed by atoms with van der Waals surface area (Å²) in [7, 11) is 1.77. The molecule has 2 N–H and O–H groups in total. The number of carbonyl (C=O) groups excluding carboxylic acids is 1. The lowest BCUT2D eigenvalue weighted by Crippen LogP contribution is -2.16. The molecule has 2 heterocycles. The average molecular weight is 259 g/mol. The molecule has 19 heavy (non-hydrogen) atoms. The van der Waals surface area contributed by atoms with E-state index in [1.807, 2.05) is 12.1 Å². The van der Waals surface area contributed by atoms with E-state index in [0.29, 0.717) is 17.3 Å². The first-order chi connectivity index (χ1) is 9.20. The second kappa shape index (κ2) is 5.99. The van der Waals surface area contributed by atoms with Gasteiger partial charge >= 0.3 is 0 Å². The van der Waals surface area contributed by atoms with E-state index in [2.05, 4.69) is 27.6 Å². The van der Waals surface area contributed by atoms with Gasteiger partial charge in [0.2, 0.25) is 0 Å². The van der Waals surface area contributed by atoms with Gasteiger partial charge in [-0.05, 0) is 18.6 Å². The Labute approximate surface area is 111 Å². The van der Waals surface area contributed by atoms with Gasteiger partial charge < -0.3 is 10.6 Å². The van der Waals surface area contributed by atoms with Crippen LogP contribution in [0.5, 0.6) is 0 Å². The van der Waals surface area contributed by atoms with Crippen molar-refractivity contribution in [2.45, 2.75) is 13.3 Å². The van der Waals surface area contributed by atoms with Crippen molar-refractivity contribution in [3.8, 4) is 0 Å². The van der Waals surface area contributed by atoms with Crippen molar-refractivity contribution < 1.29 is 4.79 Å². The molecule has 0 unspecified atom stereocenters. The number of amides is 1. The fourth-order valence-electron chi connectivity index (χ4n) is 1.59. The number of hydrogen-bond donors (Lipinski definition) is 2. The van der Waals surface area contributed by atoms with Crippen LogP contribution in [0.3, 0.4) is 0 Å². The summed E-state index contributed by atoms with van der Waals surface area (Å²) in [6.07, 6.45) is 2.63. The molecule has 0 spiro atoms. The van der Waals surface area contributed by atoms with E-state index in [-0.39, 0.29) is 5.91 Å². The van der Waals surface area contributed by atoms with Gasteiger partial charge in [0.05, 0.1) is 6.20 Å². The van der Waals surface area contributed by atoms with Gasteiger partial charge in [0.1, 0.15) is 17.3 Å². The second-order valence-corrected chi connectivity index (χ2v) is 4.13. The second-order valence-electron chi connectivity index (χ2n) is 4.13. The highest BCUT2D eigenvalue weighted by Gasteiger charge is 2.10. The molecule has 0 saturated heterocycles. The van der Waals surface area contributed by atoms with E-state index in [1.165, 1.54) is 0 Å². The zero-order chi connectivity index (χ0) is 13.7. The highest BCUT2D eigenvalue weighted by molar-refractivity contribution is 6.02. The summed E-state index contributed by atoms with van der Waals surface area (Å²) >= 11 is 0. The molecule has 0 bridgehead atoms. The van der Waals surface area contributed by atoms with Crippen LogP contribution in [0.1, 0.15) is 23.8 Å². The maximum absolute atomic E-state index is 12.0. The SMILES string of the molecule is CCCNc1cccc(C(=O)Nc2ccnn2C)n1. The Bertz CT molecular complexity index is 564. The Kier molecular flexibility index (Phi) is 4.12. The number of nitrogens with one attached hydrogen (secondary N) is 2. The molecular weight excluding hydrogens is 242 g/mol. The van der Waals surface area contributed by atoms with Crippen LogP contribution >= 0.6 is 0 Å². The predicted molar refractivity (Wildman–Crippen MR) is 74.2 cm³/mol. The van der Waals surface area contributed by atoms with Crippen molar-refractivity contribution in [1.82, 2.24) is 14.8 Å². The largest absolute Gasteiger partial charge is 0.370 e. The first-order valence-electron chi connectivity index (χ1n) is 6.21. The molecular formula is C13H17N5O. The zero-order valence-electron chi connectivity index (χ0n) is 11.1. The third-order valence-electron chi connectivity index (χ3n) is 2.60. The van der Waals surface area contributed by atoms with Gasteiger partial charge in [0, 0.05) is 19.7 Å². The molecule has 0 aliphatic carbocycles. The molecule has 100 valence electrons. The van der Waals surface area contributed by atoms with Gasteiger partial charge in [0.15, 0.2) is 0 Å². The van der Waals surface area contributed by atoms with Gasteiger partial charge in [-0.2, -0.15) is 5.10 Å². The summed E-state index contributed by atoms with van der Waals surface area (Å²) < 4.78 is 1.59. The average Bonchev–Trinajstić information content (AvgIpc) is 2.82. The van der Waals surface area contributed by atoms with Gasteiger partial charge in [0.25, 0.3) is 5.91 Å². The molecule has 0 aliphatic heterocycles. The fraction of sp³-hybridized carbons (Fsp3) is 0.308. The van der Waals surface area contributed by atoms with Crippen molar-refractivity contribution >= 4 is 17.5 Å². The molecule has 0 saturated carbocycles. The number of rotatable bonds is 5. The Morgan fingerprint density at radius 3 is 2.89 bits per heavy atom. The molecule has 6 heteroatoms. The van der Waals surface area contributed by atoms with E-state index in [9.17, 15) is 4.79 Å². The van der Waals surface area contributed by atoms with Gasteiger partial charge in [-0.15, -0.1) is 0 Å². The quantitative estimate of drug-likeness (QED) is 0.860. The van der Waals surface area contributed by atoms with Crippen molar-refractivity contribution in [1.29, 1.82) is 0 Å². The molecule has 0 aromatic carbocycles. The summed E-state index contributed by atoms with van der Waals surface area (Å²) in [5.41, 5.74) is 0.377. The van der Waals surface area contributed by atoms with Gasteiger partial charge in [-0.1, -0.05) is 13.0 Å². The maximum Gasteiger partial charge on any atom is 0.275 e. The van der Waals surface area contributed by atoms with Crippen LogP contribution < -0.4 is 10.6 Å². The Morgan fingerprint density at radius 2 is 2.21 bits per heavy atom. The van der Waals surface area contributed by atoms with Crippen molar-refractivity contribution in [3.05, 3.63) is 36.2 Å². The van der Waals surface area contributed by atoms with Crippen LogP contribution in [0.4, 0.5) is 11.6 Å². The van der Waals surface area contributed by atoms with Crippen LogP contribution in [0.2, 0.25) is 0 Å². The Morgan fingerprint density at radius 1 is 1.37 bits per heavy atom. The molecule has 0 radical (unpaired) electrons. The molecule has 2 aromatic heterocycles. The van der Waals surface area contributed by atoms with Crippen molar-refractivity contribution in [2.75, 3.05) is 17.2 Å². The number of anilines is 2. The molecule has 0 atom stereocenters. The number of aryl methyl sites for hydroxylation is 1. The Hall–Kier alpha value is -2.37. The first kappa shape index (κ1) is 13.1. The maximum atomic E-state index is 12.0. The topological polar surface area (TPSA) is 71.8 Å². The van der Waals surface area contributed by atoms with Gasteiger partial charge in [-0.25, -0.2) is 4.98 Å². The molecule has 2 aromatic rings. The molecule has 1 amide bonds. The minimum Gasteiger partial charge on any atom is -0.370 e. The molecule has 6 nitrogen and oxygen atoms in total. The Balaban J connectivity index is 2.08. The van der Waals surface area contributed by atoms with Crippen LogP contribution in [0.25, 0.3) is 0 Å². The molecule has 0 fully saturated rings. The summed E-state index contributed by atoms with van der Waals surface area (Å²) in [6.45, 7) is 2.91. The normalized spacial score (nSPS) is 10.2. The van der Waals surface area contributed by atoms with Crippen molar-refractivity contribution in [3.63, 3.8) is 0 Å². The number of aromatic nitrogens is 3. The van der Waals surface area contributed by atoms with Crippen LogP contribution in [-0.4, -0.2) is 27.2 Å². The minimum absolute atomic E-state index is 0.247. The molecule has 0 aliphatic rings. The van der Waals surface area contributed by atoms with Crippen molar-refractivity contribution in [2.24, 2.45) is 7.05 Å². The third kappa shape index (κ3) is 3.31. The van der Waals surface area contributed by atoms with Crippen LogP contribution in [-0.2, 0) is 7.05 Å². The lowest BCUT2D eigenvalue weighted by molar-refractivity contribution is 0.102. The predicted octanol–water partition coefficient (Wildman–Crippen LogP) is 1.89. The first-order valence-corrected chi connectivity index (χ1v) is 6.21. The summed E-state index contributed by atoms with van der Waals surface area (Å²) in [6, 6.07) is 7.07. The van der Waals surface area contributed by atoms with E-state index in [4.69, 9.17) is 0 Å². The lowest BCUT2D eigenvalue weighted by Gasteiger charge is -2.07. The highest BCUT2D eigenvalue weighted by atomic mass is 16.2. The standard InChI is InChI=1S/C13H17N5O/c1-3-8-14-11-6-4-5-10(16-11)13(19)17-12-7-9-15-18(12)2/h4-7,9H,3,8H2,1-2H3,(H,14,16)(H,17,19). The highest BCUT2D eigenvalue weighted by Crippen LogP contribution is 2.09. The lowest BCUT2D eigenvalue weighted by atomic mass is 10.3. The van der Waals surface area contributed by atoms with E-state index in [1.54, 1.807) is 30.1 Å². The van der Waals surface area contributed by atoms with E-state index < -0.39 is 0 Å². The van der Waals surface area contributed by atoms with Crippen LogP contribution in [0.15, 0.2) is 30.5 Å². The van der Waals surface area contributed by atoms with E-state index in [0.717, 1.165) is 13.0 Å². The van der Waals surface area contributed by atoms with E-state index >= 15 is 0 Å². The summed E-state index contributed by atoms with van der Waals surface area (Å²) in [5.74, 6) is 1.10. The van der Waals surface area contributed by atoms with Gasteiger partial charge in [-0.3, -0.25) is 9.48 Å². The summed E-state index contributed by atoms with van der Waals surface area (Å²) in [5, 5.41) is 9.90. The number of carbonyl (C=O) groups is 1.